The van der Waals surface area contributed by atoms with Gasteiger partial charge in [0.2, 0.25) is 0 Å². The summed E-state index contributed by atoms with van der Waals surface area (Å²) < 4.78 is 20.6. The number of hydrogen-bond donors (Lipinski definition) is 1. The molecule has 0 spiro atoms. The van der Waals surface area contributed by atoms with Gasteiger partial charge in [0.25, 0.3) is 11.5 Å². The first-order chi connectivity index (χ1) is 13.8. The van der Waals surface area contributed by atoms with Crippen LogP contribution in [0.15, 0.2) is 40.5 Å². The van der Waals surface area contributed by atoms with Crippen LogP contribution in [0.5, 0.6) is 0 Å². The van der Waals surface area contributed by atoms with Crippen molar-refractivity contribution < 1.29 is 18.7 Å². The molecule has 0 radical (unpaired) electrons. The van der Waals surface area contributed by atoms with Crippen molar-refractivity contribution in [2.24, 2.45) is 5.92 Å². The van der Waals surface area contributed by atoms with E-state index in [2.05, 4.69) is 10.3 Å². The van der Waals surface area contributed by atoms with Gasteiger partial charge >= 0.3 is 5.97 Å². The Morgan fingerprint density at radius 1 is 1.31 bits per heavy atom. The Morgan fingerprint density at radius 2 is 2.03 bits per heavy atom. The number of halogens is 1. The molecule has 0 unspecified atom stereocenters. The summed E-state index contributed by atoms with van der Waals surface area (Å²) in [5.41, 5.74) is 0.683. The number of carbonyl (C=O) groups excluding carboxylic acids is 2. The number of benzene rings is 1. The predicted octanol–water partition coefficient (Wildman–Crippen LogP) is 2.70. The molecular formula is C20H20FN3O4S. The molecular weight excluding hydrogens is 397 g/mol. The van der Waals surface area contributed by atoms with Gasteiger partial charge in [0, 0.05) is 17.1 Å². The number of carbonyl (C=O) groups is 2. The minimum atomic E-state index is -0.976. The van der Waals surface area contributed by atoms with E-state index in [1.54, 1.807) is 20.8 Å². The number of thiazole rings is 1. The number of nitrogens with one attached hydrogen (secondary N) is 1. The van der Waals surface area contributed by atoms with Crippen LogP contribution in [0.1, 0.15) is 35.6 Å². The fourth-order valence-corrected chi connectivity index (χ4v) is 3.66. The zero-order valence-corrected chi connectivity index (χ0v) is 17.0. The third-order valence-corrected chi connectivity index (χ3v) is 5.26. The molecule has 2 aromatic heterocycles. The lowest BCUT2D eigenvalue weighted by atomic mass is 10.0. The number of fused-ring (bicyclic) bond motifs is 1. The average Bonchev–Trinajstić information content (AvgIpc) is 3.05. The Bertz CT molecular complexity index is 1120. The first-order valence-corrected chi connectivity index (χ1v) is 9.84. The lowest BCUT2D eigenvalue weighted by Gasteiger charge is -2.21. The van der Waals surface area contributed by atoms with E-state index >= 15 is 0 Å². The standard InChI is InChI=1S/C20H20FN3O4S/c1-11(2)17(23-18(26)14-6-4-5-7-15(14)21)19(27)28-9-13-8-16(25)24-12(3)10-29-20(24)22-13/h4-8,10-11,17H,9H2,1-3H3,(H,23,26)/t17-/m1/s1. The Labute approximate surface area is 170 Å². The summed E-state index contributed by atoms with van der Waals surface area (Å²) in [6.07, 6.45) is 0. The van der Waals surface area contributed by atoms with Crippen molar-refractivity contribution in [2.75, 3.05) is 0 Å². The van der Waals surface area contributed by atoms with E-state index in [4.69, 9.17) is 4.74 Å². The van der Waals surface area contributed by atoms with Crippen LogP contribution in [0.3, 0.4) is 0 Å². The summed E-state index contributed by atoms with van der Waals surface area (Å²) in [6.45, 7) is 5.06. The molecule has 1 aromatic carbocycles. The highest BCUT2D eigenvalue weighted by atomic mass is 32.1. The number of aromatic nitrogens is 2. The summed E-state index contributed by atoms with van der Waals surface area (Å²) in [5.74, 6) is -2.36. The molecule has 1 N–H and O–H groups in total. The second-order valence-electron chi connectivity index (χ2n) is 6.86. The molecule has 3 aromatic rings. The maximum absolute atomic E-state index is 13.8. The van der Waals surface area contributed by atoms with Gasteiger partial charge in [-0.15, -0.1) is 11.3 Å². The largest absolute Gasteiger partial charge is 0.458 e. The predicted molar refractivity (Wildman–Crippen MR) is 106 cm³/mol. The van der Waals surface area contributed by atoms with Crippen LogP contribution in [-0.4, -0.2) is 27.3 Å². The lowest BCUT2D eigenvalue weighted by molar-refractivity contribution is -0.148. The third kappa shape index (κ3) is 4.51. The highest BCUT2D eigenvalue weighted by Gasteiger charge is 2.27. The van der Waals surface area contributed by atoms with Crippen LogP contribution in [0, 0.1) is 18.7 Å². The molecule has 7 nitrogen and oxygen atoms in total. The zero-order valence-electron chi connectivity index (χ0n) is 16.1. The van der Waals surface area contributed by atoms with Crippen molar-refractivity contribution in [1.29, 1.82) is 0 Å². The van der Waals surface area contributed by atoms with Gasteiger partial charge in [0.05, 0.1) is 11.3 Å². The molecule has 0 aliphatic heterocycles. The zero-order chi connectivity index (χ0) is 21.1. The minimum Gasteiger partial charge on any atom is -0.458 e. The topological polar surface area (TPSA) is 89.8 Å². The van der Waals surface area contributed by atoms with E-state index in [1.807, 2.05) is 5.38 Å². The summed E-state index contributed by atoms with van der Waals surface area (Å²) in [4.78, 5) is 41.9. The van der Waals surface area contributed by atoms with Gasteiger partial charge in [-0.2, -0.15) is 0 Å². The fraction of sp³-hybridized carbons (Fsp3) is 0.300. The molecule has 1 atom stereocenters. The van der Waals surface area contributed by atoms with Gasteiger partial charge in [-0.3, -0.25) is 14.0 Å². The first kappa shape index (κ1) is 20.7. The molecule has 0 aliphatic carbocycles. The summed E-state index contributed by atoms with van der Waals surface area (Å²) >= 11 is 1.31. The SMILES string of the molecule is Cc1csc2nc(COC(=O)[C@H](NC(=O)c3ccccc3F)C(C)C)cc(=O)n12. The van der Waals surface area contributed by atoms with E-state index in [1.165, 1.54) is 46.1 Å². The Balaban J connectivity index is 1.71. The molecule has 29 heavy (non-hydrogen) atoms. The quantitative estimate of drug-likeness (QED) is 0.623. The smallest absolute Gasteiger partial charge is 0.329 e. The Morgan fingerprint density at radius 3 is 2.72 bits per heavy atom. The van der Waals surface area contributed by atoms with E-state index in [0.29, 0.717) is 10.7 Å². The summed E-state index contributed by atoms with van der Waals surface area (Å²) in [7, 11) is 0. The van der Waals surface area contributed by atoms with Gasteiger partial charge in [-0.05, 0) is 25.0 Å². The van der Waals surface area contributed by atoms with Crippen LogP contribution in [0.4, 0.5) is 4.39 Å². The van der Waals surface area contributed by atoms with Crippen LogP contribution >= 0.6 is 11.3 Å². The molecule has 9 heteroatoms. The van der Waals surface area contributed by atoms with Crippen LogP contribution in [-0.2, 0) is 16.1 Å². The molecule has 0 aliphatic rings. The van der Waals surface area contributed by atoms with Crippen molar-refractivity contribution in [1.82, 2.24) is 14.7 Å². The van der Waals surface area contributed by atoms with E-state index in [9.17, 15) is 18.8 Å². The van der Waals surface area contributed by atoms with Crippen molar-refractivity contribution >= 4 is 28.2 Å². The van der Waals surface area contributed by atoms with E-state index in [-0.39, 0.29) is 23.6 Å². The highest BCUT2D eigenvalue weighted by molar-refractivity contribution is 7.15. The van der Waals surface area contributed by atoms with E-state index in [0.717, 1.165) is 5.69 Å². The number of aryl methyl sites for hydroxylation is 1. The molecule has 2 heterocycles. The number of rotatable bonds is 6. The Hall–Kier alpha value is -3.07. The minimum absolute atomic E-state index is 0.154. The first-order valence-electron chi connectivity index (χ1n) is 8.96. The van der Waals surface area contributed by atoms with Gasteiger partial charge in [-0.1, -0.05) is 26.0 Å². The van der Waals surface area contributed by atoms with Gasteiger partial charge in [0.15, 0.2) is 4.96 Å². The van der Waals surface area contributed by atoms with Gasteiger partial charge in [-0.25, -0.2) is 14.2 Å². The van der Waals surface area contributed by atoms with Crippen molar-refractivity contribution in [3.8, 4) is 0 Å². The second-order valence-corrected chi connectivity index (χ2v) is 7.70. The lowest BCUT2D eigenvalue weighted by Crippen LogP contribution is -2.45. The molecule has 1 amide bonds. The Kier molecular flexibility index (Phi) is 6.07. The normalized spacial score (nSPS) is 12.2. The molecule has 152 valence electrons. The highest BCUT2D eigenvalue weighted by Crippen LogP contribution is 2.13. The molecule has 0 fully saturated rings. The maximum Gasteiger partial charge on any atom is 0.329 e. The maximum atomic E-state index is 13.8. The monoisotopic (exact) mass is 417 g/mol. The van der Waals surface area contributed by atoms with Gasteiger partial charge < -0.3 is 10.1 Å². The van der Waals surface area contributed by atoms with Crippen LogP contribution in [0.2, 0.25) is 0 Å². The van der Waals surface area contributed by atoms with Gasteiger partial charge in [0.1, 0.15) is 18.5 Å². The molecule has 0 saturated carbocycles. The number of esters is 1. The molecule has 3 rings (SSSR count). The summed E-state index contributed by atoms with van der Waals surface area (Å²) in [5, 5.41) is 4.33. The molecule has 0 bridgehead atoms. The third-order valence-electron chi connectivity index (χ3n) is 4.32. The number of nitrogens with zero attached hydrogens (tertiary/aromatic N) is 2. The second kappa shape index (κ2) is 8.52. The van der Waals surface area contributed by atoms with Crippen molar-refractivity contribution in [2.45, 2.75) is 33.4 Å². The molecule has 0 saturated heterocycles. The van der Waals surface area contributed by atoms with Crippen molar-refractivity contribution in [3.63, 3.8) is 0 Å². The summed E-state index contributed by atoms with van der Waals surface area (Å²) in [6, 6.07) is 5.85. The van der Waals surface area contributed by atoms with E-state index < -0.39 is 23.7 Å². The number of ether oxygens (including phenoxy) is 1. The fourth-order valence-electron chi connectivity index (χ4n) is 2.77. The van der Waals surface area contributed by atoms with Crippen LogP contribution in [0.25, 0.3) is 4.96 Å². The van der Waals surface area contributed by atoms with Crippen molar-refractivity contribution in [3.05, 3.63) is 68.8 Å². The average molecular weight is 417 g/mol. The number of hydrogen-bond acceptors (Lipinski definition) is 6. The van der Waals surface area contributed by atoms with Crippen LogP contribution < -0.4 is 10.9 Å². The number of amides is 1.